The average Bonchev–Trinajstić information content (AvgIpc) is 3.20. The van der Waals surface area contributed by atoms with Crippen molar-refractivity contribution in [3.63, 3.8) is 0 Å². The molecule has 0 radical (unpaired) electrons. The highest BCUT2D eigenvalue weighted by Crippen LogP contribution is 2.33. The summed E-state index contributed by atoms with van der Waals surface area (Å²) in [6.45, 7) is 1.28. The van der Waals surface area contributed by atoms with Gasteiger partial charge in [0.1, 0.15) is 5.54 Å². The Labute approximate surface area is 151 Å². The molecule has 2 amide bonds. The van der Waals surface area contributed by atoms with Crippen LogP contribution >= 0.6 is 0 Å². The molecule has 0 atom stereocenters. The molecule has 3 heterocycles. The third kappa shape index (κ3) is 2.85. The predicted molar refractivity (Wildman–Crippen MR) is 94.1 cm³/mol. The van der Waals surface area contributed by atoms with Crippen molar-refractivity contribution in [2.75, 3.05) is 34.0 Å². The average molecular weight is 358 g/mol. The lowest BCUT2D eigenvalue weighted by Gasteiger charge is -2.35. The van der Waals surface area contributed by atoms with E-state index in [0.29, 0.717) is 49.8 Å². The van der Waals surface area contributed by atoms with Crippen molar-refractivity contribution in [1.29, 1.82) is 0 Å². The number of carbonyl (C=O) groups excluding carboxylic acids is 2. The van der Waals surface area contributed by atoms with Crippen molar-refractivity contribution in [3.8, 4) is 11.5 Å². The van der Waals surface area contributed by atoms with Gasteiger partial charge in [-0.15, -0.1) is 0 Å². The molecule has 8 nitrogen and oxygen atoms in total. The Bertz CT molecular complexity index is 781. The van der Waals surface area contributed by atoms with Crippen LogP contribution in [0, 0.1) is 0 Å². The van der Waals surface area contributed by atoms with Gasteiger partial charge < -0.3 is 19.3 Å². The van der Waals surface area contributed by atoms with Gasteiger partial charge in [0.25, 0.3) is 5.91 Å². The van der Waals surface area contributed by atoms with E-state index >= 15 is 0 Å². The standard InChI is InChI=1S/C18H22N4O4/c1-21(2)17-19-16(24)18(20-17)5-7-22(8-6-18)15(23)10-12-3-4-13-14(9-12)26-11-25-13/h3-4,9H,5-8,10-11H2,1-2H3,(H,19,20,24). The molecule has 1 saturated heterocycles. The fraction of sp³-hybridized carbons (Fsp3) is 0.500. The molecule has 1 aromatic carbocycles. The lowest BCUT2D eigenvalue weighted by atomic mass is 9.88. The zero-order valence-electron chi connectivity index (χ0n) is 14.9. The second kappa shape index (κ2) is 6.19. The number of guanidine groups is 1. The maximum Gasteiger partial charge on any atom is 0.254 e. The number of likely N-dealkylation sites (tertiary alicyclic amines) is 1. The quantitative estimate of drug-likeness (QED) is 0.826. The molecule has 1 aromatic rings. The third-order valence-electron chi connectivity index (χ3n) is 5.13. The Morgan fingerprint density at radius 3 is 2.69 bits per heavy atom. The molecule has 1 fully saturated rings. The highest BCUT2D eigenvalue weighted by Gasteiger charge is 2.46. The van der Waals surface area contributed by atoms with Gasteiger partial charge >= 0.3 is 0 Å². The van der Waals surface area contributed by atoms with Crippen LogP contribution in [-0.4, -0.2) is 67.1 Å². The monoisotopic (exact) mass is 358 g/mol. The van der Waals surface area contributed by atoms with Gasteiger partial charge in [-0.1, -0.05) is 6.07 Å². The number of ether oxygens (including phenoxy) is 2. The Morgan fingerprint density at radius 2 is 2.00 bits per heavy atom. The van der Waals surface area contributed by atoms with E-state index in [9.17, 15) is 9.59 Å². The Hall–Kier alpha value is -2.77. The van der Waals surface area contributed by atoms with Crippen molar-refractivity contribution in [3.05, 3.63) is 23.8 Å². The zero-order valence-corrected chi connectivity index (χ0v) is 14.9. The summed E-state index contributed by atoms with van der Waals surface area (Å²) in [4.78, 5) is 33.2. The molecule has 0 saturated carbocycles. The highest BCUT2D eigenvalue weighted by atomic mass is 16.7. The van der Waals surface area contributed by atoms with E-state index in [2.05, 4.69) is 10.3 Å². The molecule has 0 unspecified atom stereocenters. The van der Waals surface area contributed by atoms with E-state index in [4.69, 9.17) is 9.47 Å². The summed E-state index contributed by atoms with van der Waals surface area (Å²) in [6.07, 6.45) is 1.40. The van der Waals surface area contributed by atoms with Crippen LogP contribution in [-0.2, 0) is 16.0 Å². The number of benzene rings is 1. The number of fused-ring (bicyclic) bond motifs is 1. The molecular formula is C18H22N4O4. The summed E-state index contributed by atoms with van der Waals surface area (Å²) in [5.41, 5.74) is 0.167. The topological polar surface area (TPSA) is 83.5 Å². The maximum absolute atomic E-state index is 12.6. The van der Waals surface area contributed by atoms with Crippen LogP contribution in [0.3, 0.4) is 0 Å². The number of aliphatic imine (C=N–C) groups is 1. The maximum atomic E-state index is 12.6. The van der Waals surface area contributed by atoms with Crippen molar-refractivity contribution in [2.24, 2.45) is 4.99 Å². The first-order chi connectivity index (χ1) is 12.5. The van der Waals surface area contributed by atoms with Gasteiger partial charge in [-0.05, 0) is 30.5 Å². The second-order valence-electron chi connectivity index (χ2n) is 7.06. The minimum Gasteiger partial charge on any atom is -0.454 e. The summed E-state index contributed by atoms with van der Waals surface area (Å²) in [7, 11) is 3.70. The first kappa shape index (κ1) is 16.7. The van der Waals surface area contributed by atoms with Gasteiger partial charge in [0.15, 0.2) is 11.5 Å². The summed E-state index contributed by atoms with van der Waals surface area (Å²) in [5.74, 6) is 1.97. The number of piperidine rings is 1. The van der Waals surface area contributed by atoms with Crippen LogP contribution in [0.1, 0.15) is 18.4 Å². The van der Waals surface area contributed by atoms with E-state index in [1.807, 2.05) is 37.2 Å². The molecule has 8 heteroatoms. The van der Waals surface area contributed by atoms with Crippen molar-refractivity contribution >= 4 is 17.8 Å². The van der Waals surface area contributed by atoms with Crippen LogP contribution < -0.4 is 14.8 Å². The van der Waals surface area contributed by atoms with Crippen LogP contribution in [0.2, 0.25) is 0 Å². The van der Waals surface area contributed by atoms with E-state index in [0.717, 1.165) is 5.56 Å². The van der Waals surface area contributed by atoms with Crippen LogP contribution in [0.15, 0.2) is 23.2 Å². The summed E-state index contributed by atoms with van der Waals surface area (Å²) >= 11 is 0. The van der Waals surface area contributed by atoms with Gasteiger partial charge in [0.2, 0.25) is 18.7 Å². The molecule has 1 spiro atoms. The molecule has 138 valence electrons. The number of rotatable bonds is 2. The SMILES string of the molecule is CN(C)C1=NC2(CCN(C(=O)Cc3ccc4c(c3)OCO4)CC2)C(=O)N1. The molecule has 0 aliphatic carbocycles. The Morgan fingerprint density at radius 1 is 1.27 bits per heavy atom. The van der Waals surface area contributed by atoms with Gasteiger partial charge in [0.05, 0.1) is 6.42 Å². The number of carbonyl (C=O) groups is 2. The third-order valence-corrected chi connectivity index (χ3v) is 5.13. The molecule has 3 aliphatic heterocycles. The summed E-state index contributed by atoms with van der Waals surface area (Å²) in [5, 5.41) is 2.83. The fourth-order valence-electron chi connectivity index (χ4n) is 3.51. The summed E-state index contributed by atoms with van der Waals surface area (Å²) < 4.78 is 10.7. The zero-order chi connectivity index (χ0) is 18.3. The molecule has 4 rings (SSSR count). The number of hydrogen-bond donors (Lipinski definition) is 1. The predicted octanol–water partition coefficient (Wildman–Crippen LogP) is 0.366. The molecule has 26 heavy (non-hydrogen) atoms. The lowest BCUT2D eigenvalue weighted by Crippen LogP contribution is -2.51. The molecule has 1 N–H and O–H groups in total. The first-order valence-electron chi connectivity index (χ1n) is 8.72. The minimum atomic E-state index is -0.727. The Kier molecular flexibility index (Phi) is 3.97. The minimum absolute atomic E-state index is 0.0499. The van der Waals surface area contributed by atoms with Gasteiger partial charge in [-0.25, -0.2) is 4.99 Å². The number of nitrogens with one attached hydrogen (secondary N) is 1. The van der Waals surface area contributed by atoms with E-state index < -0.39 is 5.54 Å². The number of nitrogens with zero attached hydrogens (tertiary/aromatic N) is 3. The second-order valence-corrected chi connectivity index (χ2v) is 7.06. The molecule has 0 bridgehead atoms. The van der Waals surface area contributed by atoms with Crippen LogP contribution in [0.4, 0.5) is 0 Å². The van der Waals surface area contributed by atoms with Gasteiger partial charge in [0, 0.05) is 27.2 Å². The highest BCUT2D eigenvalue weighted by molar-refractivity contribution is 6.07. The smallest absolute Gasteiger partial charge is 0.254 e. The molecule has 0 aromatic heterocycles. The fourth-order valence-corrected chi connectivity index (χ4v) is 3.51. The number of amides is 2. The first-order valence-corrected chi connectivity index (χ1v) is 8.72. The molecule has 3 aliphatic rings. The van der Waals surface area contributed by atoms with Gasteiger partial charge in [-0.2, -0.15) is 0 Å². The largest absolute Gasteiger partial charge is 0.454 e. The van der Waals surface area contributed by atoms with E-state index in [1.165, 1.54) is 0 Å². The Balaban J connectivity index is 1.39. The van der Waals surface area contributed by atoms with E-state index in [-0.39, 0.29) is 18.6 Å². The van der Waals surface area contributed by atoms with Crippen LogP contribution in [0.25, 0.3) is 0 Å². The van der Waals surface area contributed by atoms with Crippen LogP contribution in [0.5, 0.6) is 11.5 Å². The normalized spacial score (nSPS) is 20.2. The van der Waals surface area contributed by atoms with Gasteiger partial charge in [-0.3, -0.25) is 14.9 Å². The summed E-state index contributed by atoms with van der Waals surface area (Å²) in [6, 6.07) is 5.56. The molecular weight excluding hydrogens is 336 g/mol. The van der Waals surface area contributed by atoms with Crippen molar-refractivity contribution < 1.29 is 19.1 Å². The lowest BCUT2D eigenvalue weighted by molar-refractivity contribution is -0.135. The van der Waals surface area contributed by atoms with E-state index in [1.54, 1.807) is 4.90 Å². The van der Waals surface area contributed by atoms with Crippen molar-refractivity contribution in [2.45, 2.75) is 24.8 Å². The van der Waals surface area contributed by atoms with Crippen molar-refractivity contribution in [1.82, 2.24) is 15.1 Å². The number of hydrogen-bond acceptors (Lipinski definition) is 6.